The predicted molar refractivity (Wildman–Crippen MR) is 78.2 cm³/mol. The zero-order chi connectivity index (χ0) is 13.2. The van der Waals surface area contributed by atoms with Crippen molar-refractivity contribution < 1.29 is 38.6 Å². The summed E-state index contributed by atoms with van der Waals surface area (Å²) in [6.45, 7) is 0. The SMILES string of the molecule is Brc1ccnc(-c2cc(Br)cc(-c3ncn[nH]3)n2)c1.[Tb]. The van der Waals surface area contributed by atoms with E-state index in [2.05, 4.69) is 57.0 Å². The first-order valence-electron chi connectivity index (χ1n) is 5.37. The molecule has 0 saturated carbocycles. The summed E-state index contributed by atoms with van der Waals surface area (Å²) >= 11 is 6.90. The third-order valence-electron chi connectivity index (χ3n) is 2.43. The van der Waals surface area contributed by atoms with E-state index in [1.54, 1.807) is 6.20 Å². The summed E-state index contributed by atoms with van der Waals surface area (Å²) in [5.41, 5.74) is 2.27. The number of hydrogen-bond acceptors (Lipinski definition) is 4. The second-order valence-electron chi connectivity index (χ2n) is 3.75. The molecule has 0 bridgehead atoms. The predicted octanol–water partition coefficient (Wildman–Crippen LogP) is 3.45. The number of aromatic amines is 1. The normalized spacial score (nSPS) is 10.1. The van der Waals surface area contributed by atoms with Gasteiger partial charge < -0.3 is 0 Å². The number of hydrogen-bond donors (Lipinski definition) is 1. The maximum atomic E-state index is 4.54. The van der Waals surface area contributed by atoms with Crippen LogP contribution in [0.5, 0.6) is 0 Å². The molecule has 103 valence electrons. The Kier molecular flexibility index (Phi) is 5.70. The van der Waals surface area contributed by atoms with E-state index in [0.717, 1.165) is 20.3 Å². The van der Waals surface area contributed by atoms with E-state index < -0.39 is 0 Å². The van der Waals surface area contributed by atoms with Crippen LogP contribution in [0.2, 0.25) is 0 Å². The Morgan fingerprint density at radius 3 is 2.35 bits per heavy atom. The smallest absolute Gasteiger partial charge is 0.174 e. The van der Waals surface area contributed by atoms with Gasteiger partial charge in [0.2, 0.25) is 0 Å². The topological polar surface area (TPSA) is 67.3 Å². The van der Waals surface area contributed by atoms with E-state index in [0.29, 0.717) is 11.5 Å². The zero-order valence-electron chi connectivity index (χ0n) is 9.84. The fourth-order valence-electron chi connectivity index (χ4n) is 1.62. The van der Waals surface area contributed by atoms with Crippen LogP contribution in [0.3, 0.4) is 0 Å². The number of pyridine rings is 2. The van der Waals surface area contributed by atoms with Crippen molar-refractivity contribution >= 4 is 31.9 Å². The van der Waals surface area contributed by atoms with Crippen molar-refractivity contribution in [3.8, 4) is 22.9 Å². The van der Waals surface area contributed by atoms with Crippen molar-refractivity contribution in [2.45, 2.75) is 0 Å². The number of halogens is 2. The van der Waals surface area contributed by atoms with Gasteiger partial charge in [0.15, 0.2) is 5.82 Å². The molecule has 0 aromatic carbocycles. The second-order valence-corrected chi connectivity index (χ2v) is 5.58. The van der Waals surface area contributed by atoms with Gasteiger partial charge in [-0.1, -0.05) is 31.9 Å². The minimum Gasteiger partial charge on any atom is -0.258 e. The number of aromatic nitrogens is 5. The Hall–Kier alpha value is -0.314. The van der Waals surface area contributed by atoms with E-state index in [1.807, 2.05) is 24.3 Å². The van der Waals surface area contributed by atoms with Crippen molar-refractivity contribution in [1.29, 1.82) is 0 Å². The summed E-state index contributed by atoms with van der Waals surface area (Å²) in [6, 6.07) is 7.58. The van der Waals surface area contributed by atoms with Crippen LogP contribution in [0.4, 0.5) is 0 Å². The Bertz CT molecular complexity index is 718. The summed E-state index contributed by atoms with van der Waals surface area (Å²) < 4.78 is 1.87. The van der Waals surface area contributed by atoms with Crippen molar-refractivity contribution in [2.75, 3.05) is 0 Å². The number of nitrogens with one attached hydrogen (secondary N) is 1. The molecular weight excluding hydrogens is 533 g/mol. The van der Waals surface area contributed by atoms with Crippen molar-refractivity contribution in [1.82, 2.24) is 25.1 Å². The van der Waals surface area contributed by atoms with Crippen LogP contribution in [0.25, 0.3) is 22.9 Å². The quantitative estimate of drug-likeness (QED) is 0.542. The van der Waals surface area contributed by atoms with Crippen molar-refractivity contribution in [2.24, 2.45) is 0 Å². The van der Waals surface area contributed by atoms with Crippen LogP contribution >= 0.6 is 31.9 Å². The third-order valence-corrected chi connectivity index (χ3v) is 3.38. The largest absolute Gasteiger partial charge is 0.258 e. The molecule has 3 aromatic heterocycles. The van der Waals surface area contributed by atoms with Gasteiger partial charge in [0, 0.05) is 53.8 Å². The van der Waals surface area contributed by atoms with Crippen molar-refractivity contribution in [3.05, 3.63) is 45.7 Å². The molecule has 0 atom stereocenters. The molecular formula is C12H7Br2N5Tb. The van der Waals surface area contributed by atoms with Gasteiger partial charge in [-0.25, -0.2) is 9.97 Å². The maximum absolute atomic E-state index is 4.54. The van der Waals surface area contributed by atoms with Crippen LogP contribution in [0, 0.1) is 38.6 Å². The fourth-order valence-corrected chi connectivity index (χ4v) is 2.39. The van der Waals surface area contributed by atoms with Gasteiger partial charge in [0.05, 0.1) is 11.4 Å². The molecule has 3 aromatic rings. The molecule has 0 aliphatic rings. The summed E-state index contributed by atoms with van der Waals surface area (Å²) in [7, 11) is 0. The molecule has 0 aliphatic carbocycles. The van der Waals surface area contributed by atoms with Gasteiger partial charge in [-0.05, 0) is 24.3 Å². The number of nitrogens with zero attached hydrogens (tertiary/aromatic N) is 4. The zero-order valence-corrected chi connectivity index (χ0v) is 15.2. The fraction of sp³-hybridized carbons (Fsp3) is 0. The third kappa shape index (κ3) is 3.66. The van der Waals surface area contributed by atoms with Gasteiger partial charge >= 0.3 is 0 Å². The van der Waals surface area contributed by atoms with Crippen molar-refractivity contribution in [3.63, 3.8) is 0 Å². The molecule has 0 fully saturated rings. The van der Waals surface area contributed by atoms with E-state index in [1.165, 1.54) is 6.33 Å². The van der Waals surface area contributed by atoms with Crippen LogP contribution in [0.15, 0.2) is 45.7 Å². The Labute approximate surface area is 162 Å². The van der Waals surface area contributed by atoms with Gasteiger partial charge in [-0.2, -0.15) is 5.10 Å². The summed E-state index contributed by atoms with van der Waals surface area (Å²) in [5, 5.41) is 6.63. The van der Waals surface area contributed by atoms with Gasteiger partial charge in [0.1, 0.15) is 12.0 Å². The first-order valence-corrected chi connectivity index (χ1v) is 6.96. The van der Waals surface area contributed by atoms with E-state index in [-0.39, 0.29) is 38.6 Å². The van der Waals surface area contributed by atoms with Crippen LogP contribution in [-0.2, 0) is 0 Å². The van der Waals surface area contributed by atoms with E-state index in [9.17, 15) is 0 Å². The Morgan fingerprint density at radius 2 is 1.65 bits per heavy atom. The molecule has 20 heavy (non-hydrogen) atoms. The minimum atomic E-state index is 0. The summed E-state index contributed by atoms with van der Waals surface area (Å²) in [5.74, 6) is 0.623. The van der Waals surface area contributed by atoms with Crippen LogP contribution in [0.1, 0.15) is 0 Å². The molecule has 0 saturated heterocycles. The summed E-state index contributed by atoms with van der Waals surface area (Å²) in [4.78, 5) is 13.0. The molecule has 0 unspecified atom stereocenters. The molecule has 0 spiro atoms. The monoisotopic (exact) mass is 538 g/mol. The maximum Gasteiger partial charge on any atom is 0.174 e. The molecule has 1 radical (unpaired) electrons. The molecule has 3 rings (SSSR count). The van der Waals surface area contributed by atoms with Gasteiger partial charge in [-0.15, -0.1) is 0 Å². The Morgan fingerprint density at radius 1 is 0.900 bits per heavy atom. The molecule has 1 N–H and O–H groups in total. The molecule has 5 nitrogen and oxygen atoms in total. The minimum absolute atomic E-state index is 0. The standard InChI is InChI=1S/C12H7Br2N5.Tb/c13-7-1-2-15-9(3-7)10-4-8(14)5-11(18-10)12-16-6-17-19-12;/h1-6H,(H,16,17,19);. The molecule has 3 heterocycles. The average Bonchev–Trinajstić information content (AvgIpc) is 2.92. The first kappa shape index (κ1) is 16.1. The van der Waals surface area contributed by atoms with Gasteiger partial charge in [-0.3, -0.25) is 10.1 Å². The van der Waals surface area contributed by atoms with Gasteiger partial charge in [0.25, 0.3) is 0 Å². The second kappa shape index (κ2) is 7.10. The molecule has 0 amide bonds. The Balaban J connectivity index is 0.00000147. The van der Waals surface area contributed by atoms with E-state index in [4.69, 9.17) is 0 Å². The van der Waals surface area contributed by atoms with E-state index >= 15 is 0 Å². The average molecular weight is 540 g/mol. The molecule has 8 heteroatoms. The summed E-state index contributed by atoms with van der Waals surface area (Å²) in [6.07, 6.45) is 3.19. The first-order chi connectivity index (χ1) is 9.22. The molecule has 0 aliphatic heterocycles. The van der Waals surface area contributed by atoms with Crippen LogP contribution < -0.4 is 0 Å². The van der Waals surface area contributed by atoms with Crippen LogP contribution in [-0.4, -0.2) is 25.1 Å². The number of H-pyrrole nitrogens is 1. The number of rotatable bonds is 2.